The van der Waals surface area contributed by atoms with E-state index in [0.29, 0.717) is 38.3 Å². The largest absolute Gasteiger partial charge is 0.569 e. The number of hydrazine groups is 1. The molecule has 1 aromatic carbocycles. The fourth-order valence-corrected chi connectivity index (χ4v) is 15.2. The topological polar surface area (TPSA) is 307 Å². The van der Waals surface area contributed by atoms with Gasteiger partial charge in [-0.2, -0.15) is 0 Å². The van der Waals surface area contributed by atoms with Gasteiger partial charge in [-0.05, 0) is 104 Å². The number of nitrogens with zero attached hydrogens (tertiary/aromatic N) is 7. The van der Waals surface area contributed by atoms with Crippen LogP contribution in [0.4, 0.5) is 17.1 Å². The predicted octanol–water partition coefficient (Wildman–Crippen LogP) is 4.78. The number of piperazine rings is 1. The Morgan fingerprint density at radius 3 is 2.16 bits per heavy atom. The van der Waals surface area contributed by atoms with Crippen LogP contribution in [-0.2, 0) is 23.8 Å². The normalized spacial score (nSPS) is 37.7. The van der Waals surface area contributed by atoms with Crippen LogP contribution in [0.1, 0.15) is 113 Å². The van der Waals surface area contributed by atoms with Crippen LogP contribution in [0, 0.1) is 75.7 Å². The lowest BCUT2D eigenvalue weighted by molar-refractivity contribution is -0.701. The minimum Gasteiger partial charge on any atom is -0.569 e. The number of hydrogen-bond donors (Lipinski definition) is 5. The Hall–Kier alpha value is -4.78. The minimum atomic E-state index is -1.69. The average molecular weight is 1040 g/mol. The Morgan fingerprint density at radius 1 is 0.838 bits per heavy atom. The van der Waals surface area contributed by atoms with Crippen molar-refractivity contribution >= 4 is 29.0 Å². The number of aliphatic hydroxyl groups excluding tert-OH is 5. The number of likely N-dealkylation sites (N-methyl/N-ethyl adjacent to an activating group) is 1. The third kappa shape index (κ3) is 9.49. The highest BCUT2D eigenvalue weighted by atomic mass is 16.7. The Labute approximate surface area is 431 Å². The molecule has 4 saturated carbocycles. The number of ether oxygens (including phenoxy) is 3. The first-order chi connectivity index (χ1) is 34.7. The Kier molecular flexibility index (Phi) is 15.2. The summed E-state index contributed by atoms with van der Waals surface area (Å²) in [5.74, 6) is -0.913. The van der Waals surface area contributed by atoms with Crippen LogP contribution in [0.5, 0.6) is 5.75 Å². The molecule has 23 nitrogen and oxygen atoms in total. The summed E-state index contributed by atoms with van der Waals surface area (Å²) in [7, 11) is 1.31. The molecule has 412 valence electrons. The van der Waals surface area contributed by atoms with Gasteiger partial charge in [0, 0.05) is 37.7 Å². The van der Waals surface area contributed by atoms with E-state index >= 15 is 0 Å². The molecular formula is C51H77N7O16. The fraction of sp³-hybridized carbons (Fsp3) is 0.804. The molecule has 6 fully saturated rings. The molecule has 8 rings (SSSR count). The summed E-state index contributed by atoms with van der Waals surface area (Å²) in [6, 6.07) is 1.87. The molecule has 7 aliphatic rings. The molecule has 0 unspecified atom stereocenters. The van der Waals surface area contributed by atoms with Crippen molar-refractivity contribution in [3.8, 4) is 5.75 Å². The van der Waals surface area contributed by atoms with Gasteiger partial charge >= 0.3 is 17.6 Å². The maximum absolute atomic E-state index is 14.7. The van der Waals surface area contributed by atoms with Gasteiger partial charge in [0.25, 0.3) is 5.69 Å². The smallest absolute Gasteiger partial charge is 0.321 e. The van der Waals surface area contributed by atoms with Crippen LogP contribution in [0.2, 0.25) is 0 Å². The van der Waals surface area contributed by atoms with Crippen molar-refractivity contribution in [2.45, 2.75) is 149 Å². The highest BCUT2D eigenvalue weighted by molar-refractivity contribution is 5.79. The van der Waals surface area contributed by atoms with Crippen LogP contribution in [-0.4, -0.2) is 159 Å². The van der Waals surface area contributed by atoms with E-state index in [0.717, 1.165) is 62.1 Å². The molecule has 0 radical (unpaired) electrons. The van der Waals surface area contributed by atoms with E-state index in [1.807, 2.05) is 4.90 Å². The van der Waals surface area contributed by atoms with Crippen molar-refractivity contribution < 1.29 is 69.0 Å². The monoisotopic (exact) mass is 1040 g/mol. The average Bonchev–Trinajstić information content (AvgIpc) is 3.34. The van der Waals surface area contributed by atoms with Crippen LogP contribution >= 0.6 is 0 Å². The second-order valence-electron chi connectivity index (χ2n) is 24.4. The molecule has 5 N–H and O–H groups in total. The number of hydrogen-bond acceptors (Lipinski definition) is 19. The lowest BCUT2D eigenvalue weighted by Gasteiger charge is -2.71. The predicted molar refractivity (Wildman–Crippen MR) is 264 cm³/mol. The third-order valence-corrected chi connectivity index (χ3v) is 19.8. The first kappa shape index (κ1) is 55.5. The van der Waals surface area contributed by atoms with Crippen molar-refractivity contribution in [3.05, 3.63) is 49.2 Å². The highest BCUT2D eigenvalue weighted by Gasteiger charge is 2.70. The molecule has 2 saturated heterocycles. The van der Waals surface area contributed by atoms with E-state index in [1.54, 1.807) is 4.90 Å². The molecule has 5 aliphatic carbocycles. The number of fused-ring (bicyclic) bond motifs is 7. The zero-order valence-corrected chi connectivity index (χ0v) is 44.0. The maximum atomic E-state index is 14.7. The third-order valence-electron chi connectivity index (χ3n) is 19.8. The summed E-state index contributed by atoms with van der Waals surface area (Å²) >= 11 is 0. The Balaban J connectivity index is 0.938. The summed E-state index contributed by atoms with van der Waals surface area (Å²) in [4.78, 5) is 59.7. The quantitative estimate of drug-likeness (QED) is 0.0418. The van der Waals surface area contributed by atoms with Gasteiger partial charge in [-0.25, -0.2) is 0 Å². The zero-order chi connectivity index (χ0) is 54.1. The van der Waals surface area contributed by atoms with Crippen molar-refractivity contribution in [2.24, 2.45) is 55.5 Å². The number of esters is 2. The lowest BCUT2D eigenvalue weighted by atomic mass is 9.33. The van der Waals surface area contributed by atoms with E-state index in [4.69, 9.17) is 24.2 Å². The highest BCUT2D eigenvalue weighted by Crippen LogP contribution is 2.76. The molecular weight excluding hydrogens is 967 g/mol. The summed E-state index contributed by atoms with van der Waals surface area (Å²) in [5.41, 5.74) is -1.72. The van der Waals surface area contributed by atoms with Gasteiger partial charge in [-0.15, -0.1) is 5.01 Å². The summed E-state index contributed by atoms with van der Waals surface area (Å²) < 4.78 is 18.1. The number of nitro groups is 2. The van der Waals surface area contributed by atoms with Crippen molar-refractivity contribution in [3.63, 3.8) is 0 Å². The molecule has 1 aromatic rings. The van der Waals surface area contributed by atoms with E-state index in [9.17, 15) is 55.5 Å². The number of aliphatic hydroxyl groups is 5. The number of benzene rings is 1. The first-order valence-electron chi connectivity index (χ1n) is 26.2. The van der Waals surface area contributed by atoms with E-state index < -0.39 is 75.7 Å². The van der Waals surface area contributed by atoms with Crippen molar-refractivity contribution in [1.29, 1.82) is 0 Å². The van der Waals surface area contributed by atoms with Crippen LogP contribution in [0.25, 0.3) is 0 Å². The van der Waals surface area contributed by atoms with Crippen LogP contribution < -0.4 is 9.74 Å². The van der Waals surface area contributed by atoms with Gasteiger partial charge < -0.3 is 49.9 Å². The number of rotatable bonds is 14. The Morgan fingerprint density at radius 2 is 1.51 bits per heavy atom. The number of carbonyl (C=O) groups is 2. The summed E-state index contributed by atoms with van der Waals surface area (Å²) in [5, 5.41) is 91.3. The minimum absolute atomic E-state index is 0.000784. The summed E-state index contributed by atoms with van der Waals surface area (Å²) in [6.45, 7) is 16.3. The van der Waals surface area contributed by atoms with Crippen LogP contribution in [0.15, 0.2) is 29.1 Å². The molecule has 23 heteroatoms. The molecule has 74 heavy (non-hydrogen) atoms. The van der Waals surface area contributed by atoms with Gasteiger partial charge in [0.2, 0.25) is 17.3 Å². The van der Waals surface area contributed by atoms with Crippen LogP contribution in [0.3, 0.4) is 0 Å². The first-order valence-corrected chi connectivity index (χ1v) is 26.2. The Bertz CT molecular complexity index is 2390. The molecule has 0 amide bonds. The van der Waals surface area contributed by atoms with Gasteiger partial charge in [0.1, 0.15) is 42.3 Å². The number of allylic oxidation sites excluding steroid dienone is 2. The molecule has 13 atom stereocenters. The van der Waals surface area contributed by atoms with Crippen molar-refractivity contribution in [1.82, 2.24) is 9.91 Å². The van der Waals surface area contributed by atoms with Crippen molar-refractivity contribution in [2.75, 3.05) is 64.4 Å². The molecule has 0 aromatic heterocycles. The van der Waals surface area contributed by atoms with E-state index in [1.165, 1.54) is 12.6 Å². The van der Waals surface area contributed by atoms with E-state index in [-0.39, 0.29) is 94.4 Å². The fourth-order valence-electron chi connectivity index (χ4n) is 15.2. The number of nitro benzene ring substituents is 2. The van der Waals surface area contributed by atoms with Gasteiger partial charge in [-0.1, -0.05) is 60.1 Å². The van der Waals surface area contributed by atoms with Gasteiger partial charge in [-0.3, -0.25) is 39.6 Å². The number of anilines is 1. The molecule has 0 spiro atoms. The number of carbonyl (C=O) groups excluding carboxylic acids is 2. The second-order valence-corrected chi connectivity index (χ2v) is 24.4. The van der Waals surface area contributed by atoms with E-state index in [2.05, 4.69) is 59.8 Å². The molecule has 2 aliphatic heterocycles. The lowest BCUT2D eigenvalue weighted by Crippen LogP contribution is -2.65. The SMILES string of the molecule is CN(CCO)/[N+]([O-])=N/Oc1cc(N2CCN(CC(=O)O[C@H]3CC[C@]4(C)[C@H]5CC=C6[C@@H]7CC(C)(C)CC[C@]7(C(=O)O[C@@H]7O[C@H](CO)[C@H](O)[C@H](O)[C@H]7O)CC[C@@]6(C)[C@]5(C)CC[C@H]4C3(C)C)CC2)c([N+](=O)[O-])cc1[N+](=O)[O-]. The zero-order valence-electron chi connectivity index (χ0n) is 44.0. The second kappa shape index (κ2) is 20.3. The summed E-state index contributed by atoms with van der Waals surface area (Å²) in [6.07, 6.45) is 2.23. The maximum Gasteiger partial charge on any atom is 0.321 e. The van der Waals surface area contributed by atoms with Gasteiger partial charge in [0.05, 0.1) is 53.6 Å². The molecule has 2 heterocycles. The van der Waals surface area contributed by atoms with Gasteiger partial charge in [0.15, 0.2) is 0 Å². The standard InChI is InChI=1S/C51H77N7O16/c1-46(2)15-17-51(45(65)73-44-43(64)42(63)41(62)36(29-60)71-44)18-16-49(6)30(31(51)27-46)9-10-38-48(5)13-12-39(47(3,4)37(48)11-14-50(38,49)7)72-40(61)28-54-19-21-55(22-20-54)32-26-35(74-52-58(70)53(8)23-24-59)34(57(68)69)25-33(32)56(66)67/h9,25-26,31,36-39,41-44,59-60,62-64H,10-24,27-29H2,1-8H3/b58-52-/t31-,36+,37-,38+,39-,41-,42-,43+,44-,48-,49+,50+,51-/m0/s1. The molecule has 0 bridgehead atoms.